The average molecular weight is 298 g/mol. The van der Waals surface area contributed by atoms with Crippen molar-refractivity contribution in [1.82, 2.24) is 0 Å². The number of halogens is 2. The minimum atomic E-state index is 0.300. The summed E-state index contributed by atoms with van der Waals surface area (Å²) in [5, 5.41) is 0.853. The molecule has 0 fully saturated rings. The van der Waals surface area contributed by atoms with E-state index < -0.39 is 0 Å². The second kappa shape index (κ2) is 6.04. The van der Waals surface area contributed by atoms with Crippen LogP contribution in [-0.2, 0) is 6.61 Å². The standard InChI is InChI=1S/C14H13Cl2NO2/c1-18-12-6-5-10(17)7-9(12)8-19-13-4-2-3-11(15)14(13)16/h2-7H,8,17H2,1H3. The predicted molar refractivity (Wildman–Crippen MR) is 78.2 cm³/mol. The highest BCUT2D eigenvalue weighted by molar-refractivity contribution is 6.42. The molecule has 0 saturated carbocycles. The molecule has 0 aliphatic heterocycles. The first-order valence-electron chi connectivity index (χ1n) is 5.61. The van der Waals surface area contributed by atoms with Gasteiger partial charge >= 0.3 is 0 Å². The van der Waals surface area contributed by atoms with E-state index in [1.54, 1.807) is 43.5 Å². The number of nitrogen functional groups attached to an aromatic ring is 1. The maximum Gasteiger partial charge on any atom is 0.139 e. The van der Waals surface area contributed by atoms with Crippen molar-refractivity contribution < 1.29 is 9.47 Å². The molecule has 0 spiro atoms. The molecule has 0 aliphatic rings. The minimum Gasteiger partial charge on any atom is -0.496 e. The summed E-state index contributed by atoms with van der Waals surface area (Å²) in [5.41, 5.74) is 7.24. The Morgan fingerprint density at radius 1 is 1.11 bits per heavy atom. The van der Waals surface area contributed by atoms with Gasteiger partial charge in [0.1, 0.15) is 23.1 Å². The van der Waals surface area contributed by atoms with E-state index in [4.69, 9.17) is 38.4 Å². The summed E-state index contributed by atoms with van der Waals surface area (Å²) < 4.78 is 10.9. The number of hydrogen-bond acceptors (Lipinski definition) is 3. The number of ether oxygens (including phenoxy) is 2. The molecule has 0 bridgehead atoms. The van der Waals surface area contributed by atoms with Crippen LogP contribution >= 0.6 is 23.2 Å². The molecule has 0 aromatic heterocycles. The third kappa shape index (κ3) is 3.25. The number of methoxy groups -OCH3 is 1. The van der Waals surface area contributed by atoms with Crippen LogP contribution in [0.3, 0.4) is 0 Å². The van der Waals surface area contributed by atoms with Crippen molar-refractivity contribution in [2.24, 2.45) is 0 Å². The zero-order valence-electron chi connectivity index (χ0n) is 10.3. The Labute approximate surface area is 121 Å². The molecule has 2 aromatic rings. The largest absolute Gasteiger partial charge is 0.496 e. The monoisotopic (exact) mass is 297 g/mol. The van der Waals surface area contributed by atoms with Crippen molar-refractivity contribution in [2.75, 3.05) is 12.8 Å². The van der Waals surface area contributed by atoms with Gasteiger partial charge in [-0.15, -0.1) is 0 Å². The Morgan fingerprint density at radius 2 is 1.89 bits per heavy atom. The van der Waals surface area contributed by atoms with E-state index in [2.05, 4.69) is 0 Å². The van der Waals surface area contributed by atoms with E-state index in [0.29, 0.717) is 33.8 Å². The summed E-state index contributed by atoms with van der Waals surface area (Å²) in [6.07, 6.45) is 0. The van der Waals surface area contributed by atoms with E-state index in [0.717, 1.165) is 5.56 Å². The summed E-state index contributed by atoms with van der Waals surface area (Å²) in [6.45, 7) is 0.300. The number of rotatable bonds is 4. The lowest BCUT2D eigenvalue weighted by Crippen LogP contribution is -2.00. The molecule has 2 N–H and O–H groups in total. The molecule has 100 valence electrons. The normalized spacial score (nSPS) is 10.3. The highest BCUT2D eigenvalue weighted by Crippen LogP contribution is 2.32. The Balaban J connectivity index is 2.18. The van der Waals surface area contributed by atoms with Crippen molar-refractivity contribution in [1.29, 1.82) is 0 Å². The molecule has 0 heterocycles. The molecule has 3 nitrogen and oxygen atoms in total. The van der Waals surface area contributed by atoms with Crippen LogP contribution in [0.5, 0.6) is 11.5 Å². The van der Waals surface area contributed by atoms with Gasteiger partial charge in [-0.2, -0.15) is 0 Å². The fourth-order valence-electron chi connectivity index (χ4n) is 1.66. The van der Waals surface area contributed by atoms with Crippen LogP contribution in [0.2, 0.25) is 10.0 Å². The van der Waals surface area contributed by atoms with Gasteiger partial charge in [-0.05, 0) is 30.3 Å². The van der Waals surface area contributed by atoms with Gasteiger partial charge in [-0.1, -0.05) is 29.3 Å². The smallest absolute Gasteiger partial charge is 0.139 e. The summed E-state index contributed by atoms with van der Waals surface area (Å²) >= 11 is 12.0. The minimum absolute atomic E-state index is 0.300. The zero-order valence-corrected chi connectivity index (χ0v) is 11.8. The van der Waals surface area contributed by atoms with Crippen molar-refractivity contribution in [3.8, 4) is 11.5 Å². The van der Waals surface area contributed by atoms with Crippen molar-refractivity contribution in [3.05, 3.63) is 52.0 Å². The Hall–Kier alpha value is -1.58. The Bertz CT molecular complexity index is 588. The molecule has 2 rings (SSSR count). The number of anilines is 1. The highest BCUT2D eigenvalue weighted by Gasteiger charge is 2.08. The molecule has 0 saturated heterocycles. The van der Waals surface area contributed by atoms with Crippen molar-refractivity contribution in [2.45, 2.75) is 6.61 Å². The van der Waals surface area contributed by atoms with Crippen molar-refractivity contribution in [3.63, 3.8) is 0 Å². The van der Waals surface area contributed by atoms with Crippen molar-refractivity contribution >= 4 is 28.9 Å². The molecule has 19 heavy (non-hydrogen) atoms. The van der Waals surface area contributed by atoms with Gasteiger partial charge in [0.05, 0.1) is 12.1 Å². The summed E-state index contributed by atoms with van der Waals surface area (Å²) in [4.78, 5) is 0. The maximum atomic E-state index is 6.05. The van der Waals surface area contributed by atoms with Crippen LogP contribution in [-0.4, -0.2) is 7.11 Å². The van der Waals surface area contributed by atoms with Gasteiger partial charge in [0.25, 0.3) is 0 Å². The second-order valence-corrected chi connectivity index (χ2v) is 4.70. The molecule has 0 atom stereocenters. The second-order valence-electron chi connectivity index (χ2n) is 3.91. The van der Waals surface area contributed by atoms with E-state index in [-0.39, 0.29) is 0 Å². The van der Waals surface area contributed by atoms with E-state index in [9.17, 15) is 0 Å². The van der Waals surface area contributed by atoms with Gasteiger partial charge in [-0.25, -0.2) is 0 Å². The lowest BCUT2D eigenvalue weighted by atomic mass is 10.2. The van der Waals surface area contributed by atoms with E-state index in [1.807, 2.05) is 0 Å². The lowest BCUT2D eigenvalue weighted by Gasteiger charge is -2.12. The highest BCUT2D eigenvalue weighted by atomic mass is 35.5. The Morgan fingerprint density at radius 3 is 2.63 bits per heavy atom. The maximum absolute atomic E-state index is 6.05. The number of nitrogens with two attached hydrogens (primary N) is 1. The fourth-order valence-corrected chi connectivity index (χ4v) is 2.01. The lowest BCUT2D eigenvalue weighted by molar-refractivity contribution is 0.297. The first-order valence-corrected chi connectivity index (χ1v) is 6.36. The number of hydrogen-bond donors (Lipinski definition) is 1. The molecule has 0 amide bonds. The molecule has 0 aliphatic carbocycles. The zero-order chi connectivity index (χ0) is 13.8. The topological polar surface area (TPSA) is 44.5 Å². The van der Waals surface area contributed by atoms with Gasteiger partial charge in [0.15, 0.2) is 0 Å². The van der Waals surface area contributed by atoms with Gasteiger partial charge < -0.3 is 15.2 Å². The van der Waals surface area contributed by atoms with Gasteiger partial charge in [0.2, 0.25) is 0 Å². The first-order chi connectivity index (χ1) is 9.11. The predicted octanol–water partition coefficient (Wildman–Crippen LogP) is 4.16. The van der Waals surface area contributed by atoms with E-state index >= 15 is 0 Å². The Kier molecular flexibility index (Phi) is 4.40. The molecular formula is C14H13Cl2NO2. The van der Waals surface area contributed by atoms with Crippen LogP contribution in [0, 0.1) is 0 Å². The SMILES string of the molecule is COc1ccc(N)cc1COc1cccc(Cl)c1Cl. The molecule has 5 heteroatoms. The average Bonchev–Trinajstić information content (AvgIpc) is 2.40. The summed E-state index contributed by atoms with van der Waals surface area (Å²) in [5.74, 6) is 1.24. The summed E-state index contributed by atoms with van der Waals surface area (Å²) in [6, 6.07) is 10.6. The van der Waals surface area contributed by atoms with E-state index in [1.165, 1.54) is 0 Å². The van der Waals surface area contributed by atoms with Gasteiger partial charge in [0, 0.05) is 11.3 Å². The fraction of sp³-hybridized carbons (Fsp3) is 0.143. The van der Waals surface area contributed by atoms with Crippen LogP contribution in [0.15, 0.2) is 36.4 Å². The van der Waals surface area contributed by atoms with Crippen LogP contribution < -0.4 is 15.2 Å². The third-order valence-corrected chi connectivity index (χ3v) is 3.41. The molecule has 0 radical (unpaired) electrons. The third-order valence-electron chi connectivity index (χ3n) is 2.60. The number of benzene rings is 2. The molecule has 2 aromatic carbocycles. The molecule has 0 unspecified atom stereocenters. The van der Waals surface area contributed by atoms with Crippen LogP contribution in [0.4, 0.5) is 5.69 Å². The van der Waals surface area contributed by atoms with Crippen LogP contribution in [0.1, 0.15) is 5.56 Å². The quantitative estimate of drug-likeness (QED) is 0.862. The van der Waals surface area contributed by atoms with Gasteiger partial charge in [-0.3, -0.25) is 0 Å². The summed E-state index contributed by atoms with van der Waals surface area (Å²) in [7, 11) is 1.60. The molecular weight excluding hydrogens is 285 g/mol. The first kappa shape index (κ1) is 13.8. The van der Waals surface area contributed by atoms with Crippen LogP contribution in [0.25, 0.3) is 0 Å².